The third-order valence-corrected chi connectivity index (χ3v) is 6.68. The van der Waals surface area contributed by atoms with Crippen LogP contribution in [-0.2, 0) is 27.7 Å². The number of unbranched alkanes of at least 4 members (excludes halogenated alkanes) is 8. The van der Waals surface area contributed by atoms with Crippen LogP contribution in [0.3, 0.4) is 0 Å². The predicted octanol–water partition coefficient (Wildman–Crippen LogP) is 5.54. The number of hydrogen-bond donors (Lipinski definition) is 0. The number of rotatable bonds is 23. The van der Waals surface area contributed by atoms with Crippen LogP contribution in [0.4, 0.5) is 0 Å². The third kappa shape index (κ3) is 27.1. The Balaban J connectivity index is 3.03. The number of halogens is 1. The molecule has 28 heavy (non-hydrogen) atoms. The molecule has 0 saturated carbocycles. The second kappa shape index (κ2) is 22.8. The second-order valence-corrected chi connectivity index (χ2v) is 11.4. The summed E-state index contributed by atoms with van der Waals surface area (Å²) in [7, 11) is 4.20. The maximum atomic E-state index is 10.5. The van der Waals surface area contributed by atoms with E-state index in [0.29, 0.717) is 26.4 Å². The van der Waals surface area contributed by atoms with Gasteiger partial charge in [0.15, 0.2) is 0 Å². The maximum Gasteiger partial charge on any atom is 0.355 e. The summed E-state index contributed by atoms with van der Waals surface area (Å²) in [6.07, 6.45) is 11.6. The van der Waals surface area contributed by atoms with Crippen LogP contribution >= 0.6 is 43.0 Å². The minimum absolute atomic E-state index is 0.0939. The van der Waals surface area contributed by atoms with Crippen LogP contribution in [0, 0.1) is 0 Å². The molecule has 0 aliphatic rings. The molecule has 0 aliphatic carbocycles. The van der Waals surface area contributed by atoms with Crippen molar-refractivity contribution in [2.24, 2.45) is 0 Å². The van der Waals surface area contributed by atoms with E-state index >= 15 is 0 Å². The lowest BCUT2D eigenvalue weighted by molar-refractivity contribution is 0.00927. The molecule has 0 aromatic rings. The SMILES string of the molecule is O=S(=O)(Cl)OCCOCCOCCOCCCCCCCCCCCSS[S]. The fourth-order valence-corrected chi connectivity index (χ4v) is 4.39. The van der Waals surface area contributed by atoms with Gasteiger partial charge < -0.3 is 14.2 Å². The van der Waals surface area contributed by atoms with Crippen LogP contribution < -0.4 is 0 Å². The summed E-state index contributed by atoms with van der Waals surface area (Å²) in [5.41, 5.74) is 0. The molecule has 0 fully saturated rings. The smallest absolute Gasteiger partial charge is 0.355 e. The zero-order valence-electron chi connectivity index (χ0n) is 16.5. The zero-order chi connectivity index (χ0) is 20.8. The second-order valence-electron chi connectivity index (χ2n) is 6.12. The summed E-state index contributed by atoms with van der Waals surface area (Å²) < 4.78 is 41.3. The van der Waals surface area contributed by atoms with E-state index in [2.05, 4.69) is 4.18 Å². The molecule has 0 N–H and O–H groups in total. The van der Waals surface area contributed by atoms with Gasteiger partial charge in [-0.05, 0) is 34.3 Å². The average Bonchev–Trinajstić information content (AvgIpc) is 2.65. The number of hydrogen-bond acceptors (Lipinski definition) is 8. The Morgan fingerprint density at radius 1 is 0.643 bits per heavy atom. The van der Waals surface area contributed by atoms with Crippen LogP contribution in [0.15, 0.2) is 0 Å². The molecule has 0 heterocycles. The topological polar surface area (TPSA) is 71.1 Å². The van der Waals surface area contributed by atoms with Crippen molar-refractivity contribution in [3.63, 3.8) is 0 Å². The van der Waals surface area contributed by atoms with Gasteiger partial charge >= 0.3 is 9.33 Å². The van der Waals surface area contributed by atoms with E-state index in [1.54, 1.807) is 10.8 Å². The van der Waals surface area contributed by atoms with Crippen molar-refractivity contribution < 1.29 is 26.8 Å². The van der Waals surface area contributed by atoms with Gasteiger partial charge in [0.05, 0.1) is 39.6 Å². The molecule has 0 unspecified atom stereocenters. The molecule has 0 rings (SSSR count). The first kappa shape index (κ1) is 29.1. The van der Waals surface area contributed by atoms with Crippen molar-refractivity contribution in [1.29, 1.82) is 0 Å². The minimum atomic E-state index is -3.91. The first-order valence-corrected chi connectivity index (χ1v) is 15.3. The third-order valence-electron chi connectivity index (χ3n) is 3.76. The molecule has 6 nitrogen and oxygen atoms in total. The molecule has 0 atom stereocenters. The van der Waals surface area contributed by atoms with Crippen LogP contribution in [0.1, 0.15) is 57.8 Å². The van der Waals surface area contributed by atoms with E-state index in [-0.39, 0.29) is 13.2 Å². The van der Waals surface area contributed by atoms with Gasteiger partial charge in [-0.1, -0.05) is 55.7 Å². The fraction of sp³-hybridized carbons (Fsp3) is 1.00. The van der Waals surface area contributed by atoms with Gasteiger partial charge in [-0.3, -0.25) is 4.18 Å². The van der Waals surface area contributed by atoms with Gasteiger partial charge in [0, 0.05) is 23.0 Å². The Labute approximate surface area is 188 Å². The largest absolute Gasteiger partial charge is 0.379 e. The van der Waals surface area contributed by atoms with Crippen LogP contribution in [-0.4, -0.2) is 60.4 Å². The van der Waals surface area contributed by atoms with Crippen molar-refractivity contribution >= 4 is 52.3 Å². The van der Waals surface area contributed by atoms with E-state index in [9.17, 15) is 8.42 Å². The Morgan fingerprint density at radius 2 is 1.07 bits per heavy atom. The van der Waals surface area contributed by atoms with Gasteiger partial charge in [-0.15, -0.1) is 0 Å². The minimum Gasteiger partial charge on any atom is -0.379 e. The molecule has 0 aliphatic heterocycles. The summed E-state index contributed by atoms with van der Waals surface area (Å²) in [6.45, 7) is 2.75. The van der Waals surface area contributed by atoms with E-state index in [1.165, 1.54) is 66.9 Å². The molecular formula is C17H34ClO6S4. The summed E-state index contributed by atoms with van der Waals surface area (Å²) in [6, 6.07) is 0. The van der Waals surface area contributed by atoms with Crippen molar-refractivity contribution in [2.75, 3.05) is 52.0 Å². The molecule has 0 aromatic carbocycles. The molecule has 0 amide bonds. The molecule has 0 aromatic heterocycles. The summed E-state index contributed by atoms with van der Waals surface area (Å²) in [5.74, 6) is 1.19. The molecule has 0 bridgehead atoms. The van der Waals surface area contributed by atoms with Crippen molar-refractivity contribution in [2.45, 2.75) is 57.8 Å². The van der Waals surface area contributed by atoms with Crippen molar-refractivity contribution in [1.82, 2.24) is 0 Å². The normalized spacial score (nSPS) is 11.9. The van der Waals surface area contributed by atoms with E-state index in [4.69, 9.17) is 36.6 Å². The Kier molecular flexibility index (Phi) is 23.7. The fourth-order valence-electron chi connectivity index (χ4n) is 2.37. The van der Waals surface area contributed by atoms with Crippen LogP contribution in [0.25, 0.3) is 0 Å². The quantitative estimate of drug-likeness (QED) is 0.103. The molecule has 1 radical (unpaired) electrons. The lowest BCUT2D eigenvalue weighted by atomic mass is 10.1. The Hall–Kier alpha value is 1.13. The first-order chi connectivity index (χ1) is 13.6. The monoisotopic (exact) mass is 497 g/mol. The molecule has 11 heteroatoms. The highest BCUT2D eigenvalue weighted by Crippen LogP contribution is 2.25. The zero-order valence-corrected chi connectivity index (χ0v) is 20.5. The molecular weight excluding hydrogens is 464 g/mol. The molecule has 0 spiro atoms. The van der Waals surface area contributed by atoms with Gasteiger partial charge in [0.1, 0.15) is 0 Å². The van der Waals surface area contributed by atoms with E-state index in [1.807, 2.05) is 0 Å². The Morgan fingerprint density at radius 3 is 1.57 bits per heavy atom. The lowest BCUT2D eigenvalue weighted by Gasteiger charge is -2.07. The van der Waals surface area contributed by atoms with Crippen molar-refractivity contribution in [3.05, 3.63) is 0 Å². The van der Waals surface area contributed by atoms with E-state index in [0.717, 1.165) is 13.0 Å². The van der Waals surface area contributed by atoms with Gasteiger partial charge in [0.25, 0.3) is 0 Å². The van der Waals surface area contributed by atoms with Crippen molar-refractivity contribution in [3.8, 4) is 0 Å². The summed E-state index contributed by atoms with van der Waals surface area (Å²) in [5, 5.41) is 0. The average molecular weight is 498 g/mol. The highest BCUT2D eigenvalue weighted by Gasteiger charge is 2.03. The predicted molar refractivity (Wildman–Crippen MR) is 122 cm³/mol. The molecule has 169 valence electrons. The molecule has 0 saturated heterocycles. The van der Waals surface area contributed by atoms with Gasteiger partial charge in [-0.2, -0.15) is 8.42 Å². The maximum absolute atomic E-state index is 10.5. The van der Waals surface area contributed by atoms with E-state index < -0.39 is 9.33 Å². The summed E-state index contributed by atoms with van der Waals surface area (Å²) in [4.78, 5) is 0. The van der Waals surface area contributed by atoms with Crippen LogP contribution in [0.5, 0.6) is 0 Å². The van der Waals surface area contributed by atoms with Gasteiger partial charge in [0.2, 0.25) is 0 Å². The van der Waals surface area contributed by atoms with Gasteiger partial charge in [-0.25, -0.2) is 0 Å². The summed E-state index contributed by atoms with van der Waals surface area (Å²) >= 11 is 4.83. The number of ether oxygens (including phenoxy) is 3. The Bertz CT molecular complexity index is 414. The standard InChI is InChI=1S/C17H34ClO6S4/c18-28(19,20)24-16-15-23-14-13-22-12-11-21-10-8-6-4-2-1-3-5-7-9-17-26-27-25/h1-17H2. The first-order valence-electron chi connectivity index (χ1n) is 9.80. The highest BCUT2D eigenvalue weighted by molar-refractivity contribution is 9.05. The van der Waals surface area contributed by atoms with Crippen LogP contribution in [0.2, 0.25) is 0 Å². The highest BCUT2D eigenvalue weighted by atomic mass is 35.7. The lowest BCUT2D eigenvalue weighted by Crippen LogP contribution is -2.12.